The monoisotopic (exact) mass is 277 g/mol. The normalized spacial score (nSPS) is 10.5. The highest BCUT2D eigenvalue weighted by Gasteiger charge is 2.15. The van der Waals surface area contributed by atoms with Gasteiger partial charge in [-0.15, -0.1) is 0 Å². The number of hydrogen-bond acceptors (Lipinski definition) is 2. The molecule has 0 spiro atoms. The molecule has 3 aromatic rings. The van der Waals surface area contributed by atoms with E-state index in [1.165, 1.54) is 0 Å². The van der Waals surface area contributed by atoms with E-state index < -0.39 is 0 Å². The van der Waals surface area contributed by atoms with Crippen molar-refractivity contribution in [3.8, 4) is 22.6 Å². The molecule has 3 nitrogen and oxygen atoms in total. The van der Waals surface area contributed by atoms with Gasteiger partial charge in [0.25, 0.3) is 5.56 Å². The zero-order valence-corrected chi connectivity index (χ0v) is 11.7. The number of nitrogens with zero attached hydrogens (tertiary/aromatic N) is 1. The van der Waals surface area contributed by atoms with Crippen molar-refractivity contribution in [2.45, 2.75) is 6.92 Å². The molecule has 0 amide bonds. The molecule has 0 radical (unpaired) electrons. The van der Waals surface area contributed by atoms with E-state index in [1.54, 1.807) is 10.6 Å². The van der Waals surface area contributed by atoms with Crippen LogP contribution in [0.3, 0.4) is 0 Å². The standard InChI is InChI=1S/C18H15NO2/c1-13-12-16(20)17(14-8-4-2-5-9-14)18(21)19(13)15-10-6-3-7-11-15/h2-12,20H,1H3. The van der Waals surface area contributed by atoms with Crippen LogP contribution in [0.4, 0.5) is 0 Å². The molecule has 3 heteroatoms. The minimum Gasteiger partial charge on any atom is -0.507 e. The van der Waals surface area contributed by atoms with Gasteiger partial charge in [-0.1, -0.05) is 48.5 Å². The molecule has 0 aliphatic heterocycles. The average molecular weight is 277 g/mol. The van der Waals surface area contributed by atoms with Gasteiger partial charge in [0.2, 0.25) is 0 Å². The van der Waals surface area contributed by atoms with Crippen molar-refractivity contribution in [3.63, 3.8) is 0 Å². The van der Waals surface area contributed by atoms with Crippen molar-refractivity contribution < 1.29 is 5.11 Å². The molecule has 0 aliphatic rings. The molecule has 0 aliphatic carbocycles. The van der Waals surface area contributed by atoms with Gasteiger partial charge in [0, 0.05) is 17.4 Å². The molecule has 0 atom stereocenters. The van der Waals surface area contributed by atoms with Crippen LogP contribution in [0.5, 0.6) is 5.75 Å². The zero-order valence-electron chi connectivity index (χ0n) is 11.7. The van der Waals surface area contributed by atoms with E-state index in [4.69, 9.17) is 0 Å². The van der Waals surface area contributed by atoms with Crippen LogP contribution in [0.1, 0.15) is 5.69 Å². The van der Waals surface area contributed by atoms with Crippen LogP contribution in [0.25, 0.3) is 16.8 Å². The lowest BCUT2D eigenvalue weighted by Crippen LogP contribution is -2.22. The van der Waals surface area contributed by atoms with Crippen molar-refractivity contribution in [1.29, 1.82) is 0 Å². The van der Waals surface area contributed by atoms with Crippen LogP contribution in [-0.4, -0.2) is 9.67 Å². The molecule has 0 fully saturated rings. The average Bonchev–Trinajstić information content (AvgIpc) is 2.49. The van der Waals surface area contributed by atoms with E-state index in [0.29, 0.717) is 16.8 Å². The van der Waals surface area contributed by atoms with E-state index >= 15 is 0 Å². The highest BCUT2D eigenvalue weighted by atomic mass is 16.3. The highest BCUT2D eigenvalue weighted by Crippen LogP contribution is 2.27. The SMILES string of the molecule is Cc1cc(O)c(-c2ccccc2)c(=O)n1-c1ccccc1. The number of hydrogen-bond donors (Lipinski definition) is 1. The Morgan fingerprint density at radius 3 is 2.10 bits per heavy atom. The summed E-state index contributed by atoms with van der Waals surface area (Å²) in [6.45, 7) is 1.81. The summed E-state index contributed by atoms with van der Waals surface area (Å²) in [6, 6.07) is 20.3. The molecule has 1 heterocycles. The molecule has 2 aromatic carbocycles. The predicted octanol–water partition coefficient (Wildman–Crippen LogP) is 3.52. The van der Waals surface area contributed by atoms with Crippen molar-refractivity contribution in [1.82, 2.24) is 4.57 Å². The third kappa shape index (κ3) is 2.34. The molecular formula is C18H15NO2. The van der Waals surface area contributed by atoms with E-state index in [-0.39, 0.29) is 11.3 Å². The maximum absolute atomic E-state index is 12.8. The second kappa shape index (κ2) is 5.29. The van der Waals surface area contributed by atoms with E-state index in [9.17, 15) is 9.90 Å². The van der Waals surface area contributed by atoms with Crippen LogP contribution in [0.2, 0.25) is 0 Å². The Morgan fingerprint density at radius 2 is 1.48 bits per heavy atom. The maximum Gasteiger partial charge on any atom is 0.266 e. The predicted molar refractivity (Wildman–Crippen MR) is 83.9 cm³/mol. The Hall–Kier alpha value is -2.81. The summed E-state index contributed by atoms with van der Waals surface area (Å²) < 4.78 is 1.61. The first kappa shape index (κ1) is 13.2. The maximum atomic E-state index is 12.8. The van der Waals surface area contributed by atoms with Crippen molar-refractivity contribution >= 4 is 0 Å². The van der Waals surface area contributed by atoms with Gasteiger partial charge in [0.15, 0.2) is 0 Å². The molecule has 0 saturated carbocycles. The molecule has 3 rings (SSSR count). The van der Waals surface area contributed by atoms with E-state index in [0.717, 1.165) is 5.69 Å². The zero-order chi connectivity index (χ0) is 14.8. The molecule has 1 N–H and O–H groups in total. The van der Waals surface area contributed by atoms with Gasteiger partial charge in [-0.05, 0) is 24.6 Å². The van der Waals surface area contributed by atoms with Crippen molar-refractivity contribution in [3.05, 3.63) is 82.8 Å². The summed E-state index contributed by atoms with van der Waals surface area (Å²) in [5.41, 5.74) is 2.31. The molecule has 0 saturated heterocycles. The lowest BCUT2D eigenvalue weighted by molar-refractivity contribution is 0.474. The lowest BCUT2D eigenvalue weighted by Gasteiger charge is -2.13. The summed E-state index contributed by atoms with van der Waals surface area (Å²) >= 11 is 0. The van der Waals surface area contributed by atoms with Crippen LogP contribution in [-0.2, 0) is 0 Å². The van der Waals surface area contributed by atoms with Crippen LogP contribution >= 0.6 is 0 Å². The fraction of sp³-hybridized carbons (Fsp3) is 0.0556. The van der Waals surface area contributed by atoms with Crippen LogP contribution < -0.4 is 5.56 Å². The van der Waals surface area contributed by atoms with Gasteiger partial charge in [-0.3, -0.25) is 9.36 Å². The Morgan fingerprint density at radius 1 is 0.905 bits per heavy atom. The molecule has 1 aromatic heterocycles. The number of benzene rings is 2. The van der Waals surface area contributed by atoms with Crippen LogP contribution in [0.15, 0.2) is 71.5 Å². The topological polar surface area (TPSA) is 42.2 Å². The summed E-state index contributed by atoms with van der Waals surface area (Å²) in [4.78, 5) is 12.8. The number of aryl methyl sites for hydroxylation is 1. The minimum absolute atomic E-state index is 0.0101. The summed E-state index contributed by atoms with van der Waals surface area (Å²) in [6.07, 6.45) is 0. The lowest BCUT2D eigenvalue weighted by atomic mass is 10.1. The molecule has 21 heavy (non-hydrogen) atoms. The molecule has 0 bridgehead atoms. The van der Waals surface area contributed by atoms with Gasteiger partial charge >= 0.3 is 0 Å². The number of aromatic hydroxyl groups is 1. The first-order chi connectivity index (χ1) is 10.2. The third-order valence-corrected chi connectivity index (χ3v) is 3.45. The second-order valence-electron chi connectivity index (χ2n) is 4.89. The van der Waals surface area contributed by atoms with Gasteiger partial charge in [0.1, 0.15) is 5.75 Å². The van der Waals surface area contributed by atoms with E-state index in [2.05, 4.69) is 0 Å². The second-order valence-corrected chi connectivity index (χ2v) is 4.89. The van der Waals surface area contributed by atoms with Gasteiger partial charge < -0.3 is 5.11 Å². The number of aromatic nitrogens is 1. The fourth-order valence-corrected chi connectivity index (χ4v) is 2.49. The van der Waals surface area contributed by atoms with Gasteiger partial charge in [-0.2, -0.15) is 0 Å². The Bertz CT molecular complexity index is 754. The molecule has 0 unspecified atom stereocenters. The number of pyridine rings is 1. The third-order valence-electron chi connectivity index (χ3n) is 3.45. The van der Waals surface area contributed by atoms with Gasteiger partial charge in [-0.25, -0.2) is 0 Å². The number of para-hydroxylation sites is 1. The highest BCUT2D eigenvalue weighted by molar-refractivity contribution is 5.69. The number of rotatable bonds is 2. The Kier molecular flexibility index (Phi) is 3.32. The summed E-state index contributed by atoms with van der Waals surface area (Å²) in [7, 11) is 0. The fourth-order valence-electron chi connectivity index (χ4n) is 2.49. The Balaban J connectivity index is 2.32. The van der Waals surface area contributed by atoms with Crippen LogP contribution in [0, 0.1) is 6.92 Å². The smallest absolute Gasteiger partial charge is 0.266 e. The first-order valence-corrected chi connectivity index (χ1v) is 6.75. The van der Waals surface area contributed by atoms with Crippen molar-refractivity contribution in [2.75, 3.05) is 0 Å². The first-order valence-electron chi connectivity index (χ1n) is 6.75. The minimum atomic E-state index is -0.218. The summed E-state index contributed by atoms with van der Waals surface area (Å²) in [5.74, 6) is 0.0101. The van der Waals surface area contributed by atoms with E-state index in [1.807, 2.05) is 67.6 Å². The molecule has 104 valence electrons. The quantitative estimate of drug-likeness (QED) is 0.778. The largest absolute Gasteiger partial charge is 0.507 e. The Labute approximate surface area is 122 Å². The van der Waals surface area contributed by atoms with Gasteiger partial charge in [0.05, 0.1) is 5.56 Å². The molecular weight excluding hydrogens is 262 g/mol. The van der Waals surface area contributed by atoms with Crippen molar-refractivity contribution in [2.24, 2.45) is 0 Å². The summed E-state index contributed by atoms with van der Waals surface area (Å²) in [5, 5.41) is 10.2.